The van der Waals surface area contributed by atoms with Crippen LogP contribution in [-0.2, 0) is 4.74 Å². The van der Waals surface area contributed by atoms with E-state index in [9.17, 15) is 0 Å². The molecule has 0 aromatic rings. The SMILES string of the molecule is CCOCCNCCCN1CCCC1. The molecule has 0 aromatic carbocycles. The Kier molecular flexibility index (Phi) is 7.01. The molecule has 1 fully saturated rings. The molecule has 1 aliphatic heterocycles. The normalized spacial score (nSPS) is 17.8. The van der Waals surface area contributed by atoms with Crippen molar-refractivity contribution in [1.29, 1.82) is 0 Å². The van der Waals surface area contributed by atoms with E-state index in [0.717, 1.165) is 26.3 Å². The van der Waals surface area contributed by atoms with Crippen LogP contribution < -0.4 is 5.32 Å². The average Bonchev–Trinajstić information content (AvgIpc) is 2.69. The molecule has 0 aromatic heterocycles. The third kappa shape index (κ3) is 5.58. The Morgan fingerprint density at radius 3 is 2.71 bits per heavy atom. The quantitative estimate of drug-likeness (QED) is 0.594. The summed E-state index contributed by atoms with van der Waals surface area (Å²) < 4.78 is 5.24. The highest BCUT2D eigenvalue weighted by molar-refractivity contribution is 4.66. The van der Waals surface area contributed by atoms with Crippen LogP contribution in [-0.4, -0.2) is 50.8 Å². The largest absolute Gasteiger partial charge is 0.380 e. The predicted molar refractivity (Wildman–Crippen MR) is 59.7 cm³/mol. The van der Waals surface area contributed by atoms with Gasteiger partial charge in [-0.25, -0.2) is 0 Å². The van der Waals surface area contributed by atoms with Gasteiger partial charge in [-0.2, -0.15) is 0 Å². The number of hydrogen-bond acceptors (Lipinski definition) is 3. The van der Waals surface area contributed by atoms with E-state index in [0.29, 0.717) is 0 Å². The van der Waals surface area contributed by atoms with Crippen LogP contribution in [0.1, 0.15) is 26.2 Å². The lowest BCUT2D eigenvalue weighted by atomic mass is 10.4. The molecule has 0 spiro atoms. The molecular weight excluding hydrogens is 176 g/mol. The van der Waals surface area contributed by atoms with Gasteiger partial charge in [0.2, 0.25) is 0 Å². The zero-order chi connectivity index (χ0) is 10.1. The fourth-order valence-corrected chi connectivity index (χ4v) is 1.85. The molecule has 1 N–H and O–H groups in total. The molecule has 14 heavy (non-hydrogen) atoms. The van der Waals surface area contributed by atoms with Crippen molar-refractivity contribution in [3.05, 3.63) is 0 Å². The lowest BCUT2D eigenvalue weighted by molar-refractivity contribution is 0.149. The van der Waals surface area contributed by atoms with E-state index in [1.54, 1.807) is 0 Å². The van der Waals surface area contributed by atoms with E-state index in [4.69, 9.17) is 4.74 Å². The molecule has 1 aliphatic rings. The van der Waals surface area contributed by atoms with E-state index >= 15 is 0 Å². The average molecular weight is 200 g/mol. The van der Waals surface area contributed by atoms with Crippen molar-refractivity contribution in [2.75, 3.05) is 45.9 Å². The smallest absolute Gasteiger partial charge is 0.0590 e. The van der Waals surface area contributed by atoms with Gasteiger partial charge < -0.3 is 15.0 Å². The second-order valence-electron chi connectivity index (χ2n) is 3.85. The van der Waals surface area contributed by atoms with E-state index in [1.165, 1.54) is 38.9 Å². The first-order valence-electron chi connectivity index (χ1n) is 5.94. The Hall–Kier alpha value is -0.120. The summed E-state index contributed by atoms with van der Waals surface area (Å²) in [6.45, 7) is 9.74. The maximum atomic E-state index is 5.24. The number of ether oxygens (including phenoxy) is 1. The van der Waals surface area contributed by atoms with Crippen LogP contribution in [0, 0.1) is 0 Å². The highest BCUT2D eigenvalue weighted by Crippen LogP contribution is 2.06. The summed E-state index contributed by atoms with van der Waals surface area (Å²) in [6, 6.07) is 0. The molecule has 1 heterocycles. The van der Waals surface area contributed by atoms with E-state index in [1.807, 2.05) is 6.92 Å². The maximum absolute atomic E-state index is 5.24. The molecule has 0 amide bonds. The standard InChI is InChI=1S/C11H24N2O/c1-2-14-11-7-12-6-5-10-13-8-3-4-9-13/h12H,2-11H2,1H3. The van der Waals surface area contributed by atoms with Gasteiger partial charge in [0.05, 0.1) is 6.61 Å². The van der Waals surface area contributed by atoms with Crippen LogP contribution in [0.2, 0.25) is 0 Å². The predicted octanol–water partition coefficient (Wildman–Crippen LogP) is 1.10. The van der Waals surface area contributed by atoms with Crippen molar-refractivity contribution < 1.29 is 4.74 Å². The van der Waals surface area contributed by atoms with Crippen LogP contribution in [0.25, 0.3) is 0 Å². The van der Waals surface area contributed by atoms with Crippen molar-refractivity contribution in [3.8, 4) is 0 Å². The molecule has 3 heteroatoms. The van der Waals surface area contributed by atoms with E-state index < -0.39 is 0 Å². The Bertz CT molecular complexity index is 124. The van der Waals surface area contributed by atoms with Crippen LogP contribution >= 0.6 is 0 Å². The van der Waals surface area contributed by atoms with Gasteiger partial charge in [-0.1, -0.05) is 0 Å². The van der Waals surface area contributed by atoms with Crippen LogP contribution in [0.15, 0.2) is 0 Å². The first-order chi connectivity index (χ1) is 6.93. The lowest BCUT2D eigenvalue weighted by Crippen LogP contribution is -2.26. The molecule has 0 unspecified atom stereocenters. The van der Waals surface area contributed by atoms with Gasteiger partial charge >= 0.3 is 0 Å². The molecular formula is C11H24N2O. The third-order valence-electron chi connectivity index (χ3n) is 2.65. The summed E-state index contributed by atoms with van der Waals surface area (Å²) in [5.74, 6) is 0. The van der Waals surface area contributed by atoms with Gasteiger partial charge in [0.25, 0.3) is 0 Å². The minimum absolute atomic E-state index is 0.829. The fraction of sp³-hybridized carbons (Fsp3) is 1.00. The Balaban J connectivity index is 1.75. The second kappa shape index (κ2) is 8.21. The van der Waals surface area contributed by atoms with E-state index in [2.05, 4.69) is 10.2 Å². The molecule has 0 saturated carbocycles. The third-order valence-corrected chi connectivity index (χ3v) is 2.65. The zero-order valence-electron chi connectivity index (χ0n) is 9.43. The van der Waals surface area contributed by atoms with Crippen molar-refractivity contribution >= 4 is 0 Å². The van der Waals surface area contributed by atoms with Crippen molar-refractivity contribution in [3.63, 3.8) is 0 Å². The Labute approximate surface area is 87.8 Å². The topological polar surface area (TPSA) is 24.5 Å². The summed E-state index contributed by atoms with van der Waals surface area (Å²) >= 11 is 0. The monoisotopic (exact) mass is 200 g/mol. The number of hydrogen-bond donors (Lipinski definition) is 1. The summed E-state index contributed by atoms with van der Waals surface area (Å²) in [5.41, 5.74) is 0. The fourth-order valence-electron chi connectivity index (χ4n) is 1.85. The van der Waals surface area contributed by atoms with Crippen LogP contribution in [0.5, 0.6) is 0 Å². The minimum Gasteiger partial charge on any atom is -0.380 e. The summed E-state index contributed by atoms with van der Waals surface area (Å²) in [4.78, 5) is 2.56. The van der Waals surface area contributed by atoms with Gasteiger partial charge in [0.15, 0.2) is 0 Å². The van der Waals surface area contributed by atoms with Crippen LogP contribution in [0.3, 0.4) is 0 Å². The minimum atomic E-state index is 0.829. The van der Waals surface area contributed by atoms with Crippen molar-refractivity contribution in [2.24, 2.45) is 0 Å². The molecule has 1 rings (SSSR count). The molecule has 0 aliphatic carbocycles. The molecule has 1 saturated heterocycles. The molecule has 0 bridgehead atoms. The summed E-state index contributed by atoms with van der Waals surface area (Å²) in [6.07, 6.45) is 4.07. The first-order valence-corrected chi connectivity index (χ1v) is 5.94. The Morgan fingerprint density at radius 2 is 2.00 bits per heavy atom. The number of rotatable bonds is 8. The Morgan fingerprint density at radius 1 is 1.21 bits per heavy atom. The number of nitrogens with one attached hydrogen (secondary N) is 1. The molecule has 0 atom stereocenters. The van der Waals surface area contributed by atoms with Crippen molar-refractivity contribution in [2.45, 2.75) is 26.2 Å². The number of likely N-dealkylation sites (tertiary alicyclic amines) is 1. The lowest BCUT2D eigenvalue weighted by Gasteiger charge is -2.14. The first kappa shape index (κ1) is 12.0. The summed E-state index contributed by atoms with van der Waals surface area (Å²) in [7, 11) is 0. The highest BCUT2D eigenvalue weighted by atomic mass is 16.5. The van der Waals surface area contributed by atoms with Gasteiger partial charge in [-0.05, 0) is 52.4 Å². The maximum Gasteiger partial charge on any atom is 0.0590 e. The van der Waals surface area contributed by atoms with Gasteiger partial charge in [-0.15, -0.1) is 0 Å². The second-order valence-corrected chi connectivity index (χ2v) is 3.85. The van der Waals surface area contributed by atoms with Gasteiger partial charge in [0.1, 0.15) is 0 Å². The van der Waals surface area contributed by atoms with E-state index in [-0.39, 0.29) is 0 Å². The van der Waals surface area contributed by atoms with Crippen LogP contribution in [0.4, 0.5) is 0 Å². The van der Waals surface area contributed by atoms with Gasteiger partial charge in [0, 0.05) is 13.2 Å². The number of nitrogens with zero attached hydrogens (tertiary/aromatic N) is 1. The van der Waals surface area contributed by atoms with Gasteiger partial charge in [-0.3, -0.25) is 0 Å². The molecule has 0 radical (unpaired) electrons. The molecule has 3 nitrogen and oxygen atoms in total. The zero-order valence-corrected chi connectivity index (χ0v) is 9.43. The highest BCUT2D eigenvalue weighted by Gasteiger charge is 2.09. The van der Waals surface area contributed by atoms with Crippen molar-refractivity contribution in [1.82, 2.24) is 10.2 Å². The molecule has 84 valence electrons. The summed E-state index contributed by atoms with van der Waals surface area (Å²) in [5, 5.41) is 3.39.